The van der Waals surface area contributed by atoms with Gasteiger partial charge in [-0.1, -0.05) is 30.3 Å². The van der Waals surface area contributed by atoms with Gasteiger partial charge in [0.15, 0.2) is 0 Å². The summed E-state index contributed by atoms with van der Waals surface area (Å²) >= 11 is 0. The number of rotatable bonds is 9. The number of nitrogens with one attached hydrogen (secondary N) is 2. The average Bonchev–Trinajstić information content (AvgIpc) is 2.58. The Morgan fingerprint density at radius 1 is 1.12 bits per heavy atom. The van der Waals surface area contributed by atoms with Crippen molar-refractivity contribution in [3.05, 3.63) is 35.9 Å². The first-order valence-electron chi connectivity index (χ1n) is 8.69. The zero-order chi connectivity index (χ0) is 19.4. The molecule has 0 bridgehead atoms. The maximum atomic E-state index is 11.6. The highest BCUT2D eigenvalue weighted by molar-refractivity contribution is 5.73. The Balaban J connectivity index is 2.13. The van der Waals surface area contributed by atoms with Gasteiger partial charge in [-0.2, -0.15) is 0 Å². The van der Waals surface area contributed by atoms with Gasteiger partial charge in [0.25, 0.3) is 0 Å². The molecule has 7 nitrogen and oxygen atoms in total. The Labute approximate surface area is 154 Å². The Morgan fingerprint density at radius 3 is 2.42 bits per heavy atom. The van der Waals surface area contributed by atoms with Crippen LogP contribution in [0.15, 0.2) is 30.3 Å². The lowest BCUT2D eigenvalue weighted by atomic mass is 10.1. The molecule has 0 aromatic heterocycles. The molecular formula is C19H28N2O5. The fourth-order valence-corrected chi connectivity index (χ4v) is 2.09. The van der Waals surface area contributed by atoms with E-state index in [1.165, 1.54) is 0 Å². The van der Waals surface area contributed by atoms with E-state index in [1.807, 2.05) is 30.3 Å². The third-order valence-electron chi connectivity index (χ3n) is 3.29. The van der Waals surface area contributed by atoms with Gasteiger partial charge >= 0.3 is 12.2 Å². The van der Waals surface area contributed by atoms with Crippen LogP contribution >= 0.6 is 0 Å². The van der Waals surface area contributed by atoms with Crippen LogP contribution in [0.2, 0.25) is 0 Å². The van der Waals surface area contributed by atoms with Gasteiger partial charge in [0, 0.05) is 6.54 Å². The van der Waals surface area contributed by atoms with Gasteiger partial charge in [-0.25, -0.2) is 9.59 Å². The van der Waals surface area contributed by atoms with Crippen molar-refractivity contribution in [2.24, 2.45) is 0 Å². The Bertz CT molecular complexity index is 569. The quantitative estimate of drug-likeness (QED) is 0.518. The van der Waals surface area contributed by atoms with Crippen LogP contribution in [0.5, 0.6) is 0 Å². The van der Waals surface area contributed by atoms with E-state index in [0.717, 1.165) is 5.56 Å². The molecule has 0 fully saturated rings. The summed E-state index contributed by atoms with van der Waals surface area (Å²) in [4.78, 5) is 34.3. The SMILES string of the molecule is CC(C)(C)OC(=O)NC(C=O)CCCCNC(=O)OCc1ccccc1. The van der Waals surface area contributed by atoms with Crippen molar-refractivity contribution in [1.82, 2.24) is 10.6 Å². The van der Waals surface area contributed by atoms with Crippen LogP contribution in [0.3, 0.4) is 0 Å². The summed E-state index contributed by atoms with van der Waals surface area (Å²) in [6.07, 6.45) is 1.40. The number of carbonyl (C=O) groups is 3. The highest BCUT2D eigenvalue weighted by Gasteiger charge is 2.18. The van der Waals surface area contributed by atoms with Crippen molar-refractivity contribution in [3.8, 4) is 0 Å². The maximum absolute atomic E-state index is 11.6. The van der Waals surface area contributed by atoms with Crippen molar-refractivity contribution in [2.45, 2.75) is 58.3 Å². The number of amides is 2. The van der Waals surface area contributed by atoms with Crippen LogP contribution in [0.1, 0.15) is 45.6 Å². The van der Waals surface area contributed by atoms with E-state index in [9.17, 15) is 14.4 Å². The second kappa shape index (κ2) is 11.1. The van der Waals surface area contributed by atoms with Gasteiger partial charge < -0.3 is 24.9 Å². The molecule has 1 aromatic rings. The summed E-state index contributed by atoms with van der Waals surface area (Å²) in [6.45, 7) is 5.92. The van der Waals surface area contributed by atoms with E-state index in [-0.39, 0.29) is 6.61 Å². The highest BCUT2D eigenvalue weighted by atomic mass is 16.6. The number of carbonyl (C=O) groups excluding carboxylic acids is 3. The average molecular weight is 364 g/mol. The van der Waals surface area contributed by atoms with Crippen molar-refractivity contribution < 1.29 is 23.9 Å². The molecule has 0 saturated carbocycles. The summed E-state index contributed by atoms with van der Waals surface area (Å²) in [7, 11) is 0. The number of hydrogen-bond acceptors (Lipinski definition) is 5. The molecule has 2 amide bonds. The molecule has 7 heteroatoms. The molecule has 0 spiro atoms. The molecule has 0 aliphatic rings. The van der Waals surface area contributed by atoms with Crippen molar-refractivity contribution >= 4 is 18.5 Å². The van der Waals surface area contributed by atoms with Crippen LogP contribution in [0.25, 0.3) is 0 Å². The zero-order valence-corrected chi connectivity index (χ0v) is 15.6. The monoisotopic (exact) mass is 364 g/mol. The summed E-state index contributed by atoms with van der Waals surface area (Å²) in [5.74, 6) is 0. The van der Waals surface area contributed by atoms with Gasteiger partial charge in [-0.05, 0) is 45.6 Å². The van der Waals surface area contributed by atoms with Gasteiger partial charge in [-0.3, -0.25) is 0 Å². The van der Waals surface area contributed by atoms with E-state index < -0.39 is 23.8 Å². The number of hydrogen-bond donors (Lipinski definition) is 2. The lowest BCUT2D eigenvalue weighted by molar-refractivity contribution is -0.109. The van der Waals surface area contributed by atoms with E-state index >= 15 is 0 Å². The molecular weight excluding hydrogens is 336 g/mol. The fourth-order valence-electron chi connectivity index (χ4n) is 2.09. The summed E-state index contributed by atoms with van der Waals surface area (Å²) < 4.78 is 10.2. The summed E-state index contributed by atoms with van der Waals surface area (Å²) in [6, 6.07) is 8.81. The normalized spacial score (nSPS) is 12.0. The van der Waals surface area contributed by atoms with Gasteiger partial charge in [0.2, 0.25) is 0 Å². The topological polar surface area (TPSA) is 93.7 Å². The second-order valence-corrected chi connectivity index (χ2v) is 6.87. The molecule has 1 atom stereocenters. The molecule has 0 radical (unpaired) electrons. The number of benzene rings is 1. The Morgan fingerprint density at radius 2 is 1.81 bits per heavy atom. The molecule has 0 aliphatic heterocycles. The standard InChI is InChI=1S/C19H28N2O5/c1-19(2,3)26-18(24)21-16(13-22)11-7-8-12-20-17(23)25-14-15-9-5-4-6-10-15/h4-6,9-10,13,16H,7-8,11-12,14H2,1-3H3,(H,20,23)(H,21,24). The van der Waals surface area contributed by atoms with Crippen molar-refractivity contribution in [1.29, 1.82) is 0 Å². The smallest absolute Gasteiger partial charge is 0.408 e. The minimum Gasteiger partial charge on any atom is -0.445 e. The Kier molecular flexibility index (Phi) is 9.19. The predicted octanol–water partition coefficient (Wildman–Crippen LogP) is 3.18. The third-order valence-corrected chi connectivity index (χ3v) is 3.29. The van der Waals surface area contributed by atoms with E-state index in [0.29, 0.717) is 32.1 Å². The first kappa shape index (κ1) is 21.5. The molecule has 1 rings (SSSR count). The largest absolute Gasteiger partial charge is 0.445 e. The van der Waals surface area contributed by atoms with Crippen LogP contribution in [-0.4, -0.2) is 36.7 Å². The van der Waals surface area contributed by atoms with E-state index in [1.54, 1.807) is 20.8 Å². The molecule has 144 valence electrons. The van der Waals surface area contributed by atoms with Gasteiger partial charge in [0.1, 0.15) is 18.5 Å². The lowest BCUT2D eigenvalue weighted by Gasteiger charge is -2.21. The maximum Gasteiger partial charge on any atom is 0.408 e. The first-order chi connectivity index (χ1) is 12.3. The minimum absolute atomic E-state index is 0.222. The lowest BCUT2D eigenvalue weighted by Crippen LogP contribution is -2.40. The summed E-state index contributed by atoms with van der Waals surface area (Å²) in [5.41, 5.74) is 0.311. The Hall–Kier alpha value is -2.57. The zero-order valence-electron chi connectivity index (χ0n) is 15.6. The van der Waals surface area contributed by atoms with Gasteiger partial charge in [0.05, 0.1) is 6.04 Å². The molecule has 2 N–H and O–H groups in total. The summed E-state index contributed by atoms with van der Waals surface area (Å²) in [5, 5.41) is 5.18. The second-order valence-electron chi connectivity index (χ2n) is 6.87. The number of aldehydes is 1. The molecule has 0 heterocycles. The predicted molar refractivity (Wildman–Crippen MR) is 97.7 cm³/mol. The molecule has 0 saturated heterocycles. The van der Waals surface area contributed by atoms with Crippen LogP contribution in [0, 0.1) is 0 Å². The fraction of sp³-hybridized carbons (Fsp3) is 0.526. The molecule has 1 unspecified atom stereocenters. The minimum atomic E-state index is -0.614. The number of ether oxygens (including phenoxy) is 2. The number of unbranched alkanes of at least 4 members (excludes halogenated alkanes) is 1. The molecule has 1 aromatic carbocycles. The number of alkyl carbamates (subject to hydrolysis) is 2. The third kappa shape index (κ3) is 10.3. The molecule has 0 aliphatic carbocycles. The molecule has 26 heavy (non-hydrogen) atoms. The van der Waals surface area contributed by atoms with Crippen LogP contribution in [0.4, 0.5) is 9.59 Å². The van der Waals surface area contributed by atoms with Gasteiger partial charge in [-0.15, -0.1) is 0 Å². The van der Waals surface area contributed by atoms with Crippen LogP contribution < -0.4 is 10.6 Å². The first-order valence-corrected chi connectivity index (χ1v) is 8.69. The van der Waals surface area contributed by atoms with Crippen molar-refractivity contribution in [3.63, 3.8) is 0 Å². The van der Waals surface area contributed by atoms with E-state index in [4.69, 9.17) is 9.47 Å². The van der Waals surface area contributed by atoms with Crippen molar-refractivity contribution in [2.75, 3.05) is 6.54 Å². The van der Waals surface area contributed by atoms with E-state index in [2.05, 4.69) is 10.6 Å². The highest BCUT2D eigenvalue weighted by Crippen LogP contribution is 2.07. The van der Waals surface area contributed by atoms with Crippen LogP contribution in [-0.2, 0) is 20.9 Å².